The third-order valence-electron chi connectivity index (χ3n) is 3.58. The van der Waals surface area contributed by atoms with Crippen LogP contribution in [-0.4, -0.2) is 49.6 Å². The van der Waals surface area contributed by atoms with Crippen molar-refractivity contribution in [2.24, 2.45) is 5.73 Å². The van der Waals surface area contributed by atoms with Crippen LogP contribution >= 0.6 is 0 Å². The van der Waals surface area contributed by atoms with E-state index in [1.165, 1.54) is 7.11 Å². The van der Waals surface area contributed by atoms with E-state index in [0.717, 1.165) is 25.9 Å². The van der Waals surface area contributed by atoms with Gasteiger partial charge in [-0.3, -0.25) is 9.59 Å². The molecule has 0 aromatic heterocycles. The van der Waals surface area contributed by atoms with Crippen LogP contribution in [0.3, 0.4) is 0 Å². The third kappa shape index (κ3) is 3.80. The predicted molar refractivity (Wildman–Crippen MR) is 80.1 cm³/mol. The number of nitrogens with zero attached hydrogens (tertiary/aromatic N) is 1. The molecule has 1 aliphatic heterocycles. The smallest absolute Gasteiger partial charge is 0.254 e. The zero-order valence-electron chi connectivity index (χ0n) is 12.2. The first kappa shape index (κ1) is 15.5. The predicted octanol–water partition coefficient (Wildman–Crippen LogP) is 0.835. The zero-order chi connectivity index (χ0) is 15.2. The van der Waals surface area contributed by atoms with E-state index >= 15 is 0 Å². The molecular formula is C15H21N3O3. The second kappa shape index (κ2) is 7.19. The molecule has 1 atom stereocenters. The summed E-state index contributed by atoms with van der Waals surface area (Å²) in [7, 11) is 1.44. The van der Waals surface area contributed by atoms with Gasteiger partial charge < -0.3 is 20.7 Å². The SMILES string of the molecule is COC(CN)C(=O)Nc1ccc(C(=O)N2CCCC2)cc1. The Hall–Kier alpha value is -1.92. The Balaban J connectivity index is 1.98. The zero-order valence-corrected chi connectivity index (χ0v) is 12.2. The lowest BCUT2D eigenvalue weighted by atomic mass is 10.1. The molecule has 3 N–H and O–H groups in total. The number of hydrogen-bond donors (Lipinski definition) is 2. The van der Waals surface area contributed by atoms with Gasteiger partial charge in [0.25, 0.3) is 11.8 Å². The Morgan fingerprint density at radius 3 is 2.43 bits per heavy atom. The molecule has 6 nitrogen and oxygen atoms in total. The number of nitrogens with two attached hydrogens (primary N) is 1. The number of anilines is 1. The van der Waals surface area contributed by atoms with Crippen molar-refractivity contribution < 1.29 is 14.3 Å². The molecule has 0 spiro atoms. The fourth-order valence-electron chi connectivity index (χ4n) is 2.33. The highest BCUT2D eigenvalue weighted by Gasteiger charge is 2.20. The van der Waals surface area contributed by atoms with Gasteiger partial charge in [-0.15, -0.1) is 0 Å². The minimum atomic E-state index is -0.670. The van der Waals surface area contributed by atoms with Crippen LogP contribution in [0.2, 0.25) is 0 Å². The van der Waals surface area contributed by atoms with Crippen molar-refractivity contribution in [3.05, 3.63) is 29.8 Å². The molecule has 114 valence electrons. The topological polar surface area (TPSA) is 84.7 Å². The van der Waals surface area contributed by atoms with Crippen molar-refractivity contribution >= 4 is 17.5 Å². The minimum Gasteiger partial charge on any atom is -0.370 e. The number of carbonyl (C=O) groups excluding carboxylic acids is 2. The summed E-state index contributed by atoms with van der Waals surface area (Å²) in [5.41, 5.74) is 6.69. The summed E-state index contributed by atoms with van der Waals surface area (Å²) in [6, 6.07) is 6.87. The molecule has 1 aliphatic rings. The molecule has 0 saturated carbocycles. The van der Waals surface area contributed by atoms with E-state index in [9.17, 15) is 9.59 Å². The Bertz CT molecular complexity index is 491. The van der Waals surface area contributed by atoms with Gasteiger partial charge in [-0.25, -0.2) is 0 Å². The molecule has 2 rings (SSSR count). The first-order chi connectivity index (χ1) is 10.2. The van der Waals surface area contributed by atoms with Gasteiger partial charge >= 0.3 is 0 Å². The van der Waals surface area contributed by atoms with Gasteiger partial charge in [0.05, 0.1) is 0 Å². The number of methoxy groups -OCH3 is 1. The van der Waals surface area contributed by atoms with E-state index in [0.29, 0.717) is 11.3 Å². The molecule has 1 aromatic carbocycles. The normalized spacial score (nSPS) is 15.8. The molecule has 0 bridgehead atoms. The molecule has 21 heavy (non-hydrogen) atoms. The highest BCUT2D eigenvalue weighted by atomic mass is 16.5. The number of carbonyl (C=O) groups is 2. The summed E-state index contributed by atoms with van der Waals surface area (Å²) >= 11 is 0. The average molecular weight is 291 g/mol. The second-order valence-corrected chi connectivity index (χ2v) is 5.03. The number of amides is 2. The van der Waals surface area contributed by atoms with E-state index in [2.05, 4.69) is 5.32 Å². The van der Waals surface area contributed by atoms with Crippen LogP contribution in [0.25, 0.3) is 0 Å². The molecule has 2 amide bonds. The lowest BCUT2D eigenvalue weighted by molar-refractivity contribution is -0.125. The summed E-state index contributed by atoms with van der Waals surface area (Å²) < 4.78 is 4.97. The number of ether oxygens (including phenoxy) is 1. The van der Waals surface area contributed by atoms with E-state index in [1.54, 1.807) is 24.3 Å². The van der Waals surface area contributed by atoms with Crippen molar-refractivity contribution in [2.45, 2.75) is 18.9 Å². The minimum absolute atomic E-state index is 0.0436. The largest absolute Gasteiger partial charge is 0.370 e. The van der Waals surface area contributed by atoms with E-state index in [-0.39, 0.29) is 18.4 Å². The van der Waals surface area contributed by atoms with Crippen molar-refractivity contribution in [3.8, 4) is 0 Å². The van der Waals surface area contributed by atoms with Crippen molar-refractivity contribution in [1.82, 2.24) is 4.90 Å². The molecule has 1 fully saturated rings. The molecule has 1 aromatic rings. The van der Waals surface area contributed by atoms with Crippen LogP contribution in [0.4, 0.5) is 5.69 Å². The van der Waals surface area contributed by atoms with E-state index < -0.39 is 6.10 Å². The lowest BCUT2D eigenvalue weighted by Gasteiger charge is -2.16. The van der Waals surface area contributed by atoms with Crippen LogP contribution in [0, 0.1) is 0 Å². The molecule has 0 radical (unpaired) electrons. The second-order valence-electron chi connectivity index (χ2n) is 5.03. The molecule has 1 heterocycles. The molecule has 0 aliphatic carbocycles. The quantitative estimate of drug-likeness (QED) is 0.841. The first-order valence-corrected chi connectivity index (χ1v) is 7.08. The number of benzene rings is 1. The summed E-state index contributed by atoms with van der Waals surface area (Å²) in [5, 5.41) is 2.71. The first-order valence-electron chi connectivity index (χ1n) is 7.08. The fraction of sp³-hybridized carbons (Fsp3) is 0.467. The highest BCUT2D eigenvalue weighted by molar-refractivity contribution is 5.97. The standard InChI is InChI=1S/C15H21N3O3/c1-21-13(10-16)14(19)17-12-6-4-11(5-7-12)15(20)18-8-2-3-9-18/h4-7,13H,2-3,8-10,16H2,1H3,(H,17,19). The summed E-state index contributed by atoms with van der Waals surface area (Å²) in [5.74, 6) is -0.249. The lowest BCUT2D eigenvalue weighted by Crippen LogP contribution is -2.35. The molecule has 1 unspecified atom stereocenters. The molecular weight excluding hydrogens is 270 g/mol. The van der Waals surface area contributed by atoms with Gasteiger partial charge in [0, 0.05) is 38.0 Å². The van der Waals surface area contributed by atoms with Crippen molar-refractivity contribution in [1.29, 1.82) is 0 Å². The Morgan fingerprint density at radius 1 is 1.29 bits per heavy atom. The molecule has 1 saturated heterocycles. The Morgan fingerprint density at radius 2 is 1.90 bits per heavy atom. The van der Waals surface area contributed by atoms with E-state index in [4.69, 9.17) is 10.5 Å². The number of hydrogen-bond acceptors (Lipinski definition) is 4. The monoisotopic (exact) mass is 291 g/mol. The van der Waals surface area contributed by atoms with Crippen LogP contribution in [0.1, 0.15) is 23.2 Å². The van der Waals surface area contributed by atoms with Gasteiger partial charge in [0.15, 0.2) is 0 Å². The average Bonchev–Trinajstić information content (AvgIpc) is 3.03. The van der Waals surface area contributed by atoms with Crippen molar-refractivity contribution in [2.75, 3.05) is 32.1 Å². The summed E-state index contributed by atoms with van der Waals surface area (Å²) in [6.07, 6.45) is 1.46. The van der Waals surface area contributed by atoms with Gasteiger partial charge in [0.1, 0.15) is 6.10 Å². The fourth-order valence-corrected chi connectivity index (χ4v) is 2.33. The molecule has 6 heteroatoms. The van der Waals surface area contributed by atoms with Crippen molar-refractivity contribution in [3.63, 3.8) is 0 Å². The van der Waals surface area contributed by atoms with Crippen LogP contribution in [-0.2, 0) is 9.53 Å². The van der Waals surface area contributed by atoms with Gasteiger partial charge in [0.2, 0.25) is 0 Å². The maximum absolute atomic E-state index is 12.2. The number of nitrogens with one attached hydrogen (secondary N) is 1. The Labute approximate surface area is 124 Å². The van der Waals surface area contributed by atoms with Gasteiger partial charge in [-0.2, -0.15) is 0 Å². The maximum atomic E-state index is 12.2. The number of likely N-dealkylation sites (tertiary alicyclic amines) is 1. The van der Waals surface area contributed by atoms with Gasteiger partial charge in [-0.05, 0) is 37.1 Å². The summed E-state index contributed by atoms with van der Waals surface area (Å²) in [4.78, 5) is 25.8. The summed E-state index contributed by atoms with van der Waals surface area (Å²) in [6.45, 7) is 1.76. The van der Waals surface area contributed by atoms with Crippen LogP contribution in [0.15, 0.2) is 24.3 Å². The maximum Gasteiger partial charge on any atom is 0.254 e. The Kier molecular flexibility index (Phi) is 5.30. The van der Waals surface area contributed by atoms with Crippen LogP contribution in [0.5, 0.6) is 0 Å². The van der Waals surface area contributed by atoms with E-state index in [1.807, 2.05) is 4.90 Å². The van der Waals surface area contributed by atoms with Gasteiger partial charge in [-0.1, -0.05) is 0 Å². The van der Waals surface area contributed by atoms with Crippen LogP contribution < -0.4 is 11.1 Å². The third-order valence-corrected chi connectivity index (χ3v) is 3.58. The number of rotatable bonds is 5. The highest BCUT2D eigenvalue weighted by Crippen LogP contribution is 2.15.